The van der Waals surface area contributed by atoms with Gasteiger partial charge in [0.25, 0.3) is 5.69 Å². The number of nitro groups is 1. The van der Waals surface area contributed by atoms with Gasteiger partial charge in [0.15, 0.2) is 11.5 Å². The first-order valence-electron chi connectivity index (χ1n) is 10.4. The van der Waals surface area contributed by atoms with E-state index in [1.54, 1.807) is 19.2 Å². The van der Waals surface area contributed by atoms with E-state index in [4.69, 9.17) is 9.47 Å². The first kappa shape index (κ1) is 20.9. The lowest BCUT2D eigenvalue weighted by atomic mass is 9.98. The molecule has 0 fully saturated rings. The molecule has 0 unspecified atom stereocenters. The molecule has 6 heteroatoms. The van der Waals surface area contributed by atoms with E-state index in [2.05, 4.69) is 17.0 Å². The van der Waals surface area contributed by atoms with Crippen molar-refractivity contribution >= 4 is 5.69 Å². The van der Waals surface area contributed by atoms with Crippen molar-refractivity contribution in [1.29, 1.82) is 0 Å². The molecule has 1 aliphatic rings. The number of non-ortho nitro benzene ring substituents is 1. The van der Waals surface area contributed by atoms with Crippen molar-refractivity contribution in [3.8, 4) is 11.5 Å². The minimum atomic E-state index is -0.364. The fraction of sp³-hybridized carbons (Fsp3) is 0.280. The van der Waals surface area contributed by atoms with Crippen LogP contribution in [-0.4, -0.2) is 30.0 Å². The molecule has 0 amide bonds. The standard InChI is InChI=1S/C25H26N2O4/c1-30-24-15-21-12-14-26(13-11-19-7-9-23(10-8-19)27(28)29)17-22(21)16-25(24)31-18-20-5-3-2-4-6-20/h2-10,15-16H,11-14,17-18H2,1H3. The number of benzene rings is 3. The Morgan fingerprint density at radius 2 is 1.71 bits per heavy atom. The Bertz CT molecular complexity index is 1040. The molecule has 0 aromatic heterocycles. The minimum Gasteiger partial charge on any atom is -0.493 e. The van der Waals surface area contributed by atoms with Gasteiger partial charge >= 0.3 is 0 Å². The summed E-state index contributed by atoms with van der Waals surface area (Å²) in [5, 5.41) is 10.8. The molecule has 0 saturated heterocycles. The lowest BCUT2D eigenvalue weighted by molar-refractivity contribution is -0.384. The monoisotopic (exact) mass is 418 g/mol. The predicted octanol–water partition coefficient (Wildman–Crippen LogP) is 4.78. The Balaban J connectivity index is 1.40. The van der Waals surface area contributed by atoms with Crippen molar-refractivity contribution in [2.45, 2.75) is 26.0 Å². The zero-order valence-corrected chi connectivity index (χ0v) is 17.6. The molecule has 4 rings (SSSR count). The molecule has 0 spiro atoms. The summed E-state index contributed by atoms with van der Waals surface area (Å²) in [6, 6.07) is 21.1. The van der Waals surface area contributed by atoms with Gasteiger partial charge in [0.1, 0.15) is 6.61 Å². The average Bonchev–Trinajstić information content (AvgIpc) is 2.81. The van der Waals surface area contributed by atoms with E-state index in [1.807, 2.05) is 42.5 Å². The molecule has 0 atom stereocenters. The Hall–Kier alpha value is -3.38. The molecule has 0 saturated carbocycles. The first-order valence-corrected chi connectivity index (χ1v) is 10.4. The van der Waals surface area contributed by atoms with Gasteiger partial charge in [-0.15, -0.1) is 0 Å². The molecule has 0 N–H and O–H groups in total. The lowest BCUT2D eigenvalue weighted by Crippen LogP contribution is -2.32. The normalized spacial score (nSPS) is 13.5. The van der Waals surface area contributed by atoms with Crippen LogP contribution in [0.4, 0.5) is 5.69 Å². The number of nitrogens with zero attached hydrogens (tertiary/aromatic N) is 2. The predicted molar refractivity (Wildman–Crippen MR) is 120 cm³/mol. The van der Waals surface area contributed by atoms with Crippen LogP contribution in [0.1, 0.15) is 22.3 Å². The van der Waals surface area contributed by atoms with Gasteiger partial charge in [-0.3, -0.25) is 15.0 Å². The third kappa shape index (κ3) is 5.22. The van der Waals surface area contributed by atoms with Crippen LogP contribution >= 0.6 is 0 Å². The molecule has 3 aromatic carbocycles. The van der Waals surface area contributed by atoms with Crippen LogP contribution in [0, 0.1) is 10.1 Å². The van der Waals surface area contributed by atoms with Crippen molar-refractivity contribution in [3.05, 3.63) is 99.1 Å². The third-order valence-electron chi connectivity index (χ3n) is 5.68. The maximum Gasteiger partial charge on any atom is 0.269 e. The largest absolute Gasteiger partial charge is 0.493 e. The fourth-order valence-electron chi connectivity index (χ4n) is 3.89. The highest BCUT2D eigenvalue weighted by Gasteiger charge is 2.19. The second-order valence-electron chi connectivity index (χ2n) is 7.75. The van der Waals surface area contributed by atoms with Crippen LogP contribution in [0.25, 0.3) is 0 Å². The van der Waals surface area contributed by atoms with Crippen LogP contribution in [0.15, 0.2) is 66.7 Å². The van der Waals surface area contributed by atoms with E-state index in [0.717, 1.165) is 55.1 Å². The van der Waals surface area contributed by atoms with Crippen LogP contribution < -0.4 is 9.47 Å². The van der Waals surface area contributed by atoms with Gasteiger partial charge < -0.3 is 9.47 Å². The number of fused-ring (bicyclic) bond motifs is 1. The van der Waals surface area contributed by atoms with Gasteiger partial charge in [-0.05, 0) is 47.2 Å². The second-order valence-corrected chi connectivity index (χ2v) is 7.75. The molecule has 3 aromatic rings. The number of hydrogen-bond donors (Lipinski definition) is 0. The number of hydrogen-bond acceptors (Lipinski definition) is 5. The quantitative estimate of drug-likeness (QED) is 0.389. The van der Waals surface area contributed by atoms with Crippen LogP contribution in [0.5, 0.6) is 11.5 Å². The van der Waals surface area contributed by atoms with E-state index in [9.17, 15) is 10.1 Å². The summed E-state index contributed by atoms with van der Waals surface area (Å²) >= 11 is 0. The topological polar surface area (TPSA) is 64.8 Å². The fourth-order valence-corrected chi connectivity index (χ4v) is 3.89. The van der Waals surface area contributed by atoms with Crippen molar-refractivity contribution < 1.29 is 14.4 Å². The number of nitro benzene ring substituents is 1. The molecule has 6 nitrogen and oxygen atoms in total. The highest BCUT2D eigenvalue weighted by molar-refractivity contribution is 5.48. The summed E-state index contributed by atoms with van der Waals surface area (Å²) in [7, 11) is 1.68. The van der Waals surface area contributed by atoms with Crippen LogP contribution in [-0.2, 0) is 26.0 Å². The molecule has 0 radical (unpaired) electrons. The Labute approximate surface area is 182 Å². The SMILES string of the molecule is COc1cc2c(cc1OCc1ccccc1)CN(CCc1ccc([N+](=O)[O-])cc1)CC2. The zero-order chi connectivity index (χ0) is 21.6. The maximum atomic E-state index is 10.8. The molecule has 1 aliphatic heterocycles. The van der Waals surface area contributed by atoms with E-state index in [1.165, 1.54) is 11.1 Å². The first-order chi connectivity index (χ1) is 15.1. The summed E-state index contributed by atoms with van der Waals surface area (Å²) in [5.41, 5.74) is 4.92. The third-order valence-corrected chi connectivity index (χ3v) is 5.68. The van der Waals surface area contributed by atoms with Gasteiger partial charge in [-0.2, -0.15) is 0 Å². The summed E-state index contributed by atoms with van der Waals surface area (Å²) in [6.07, 6.45) is 1.83. The van der Waals surface area contributed by atoms with Gasteiger partial charge in [0.05, 0.1) is 12.0 Å². The summed E-state index contributed by atoms with van der Waals surface area (Å²) < 4.78 is 11.6. The summed E-state index contributed by atoms with van der Waals surface area (Å²) in [4.78, 5) is 12.9. The highest BCUT2D eigenvalue weighted by atomic mass is 16.6. The maximum absolute atomic E-state index is 10.8. The Kier molecular flexibility index (Phi) is 6.48. The average molecular weight is 418 g/mol. The van der Waals surface area contributed by atoms with Crippen LogP contribution in [0.3, 0.4) is 0 Å². The van der Waals surface area contributed by atoms with Crippen LogP contribution in [0.2, 0.25) is 0 Å². The summed E-state index contributed by atoms with van der Waals surface area (Å²) in [6.45, 7) is 3.24. The number of rotatable bonds is 8. The molecular weight excluding hydrogens is 392 g/mol. The molecular formula is C25H26N2O4. The minimum absolute atomic E-state index is 0.132. The summed E-state index contributed by atoms with van der Waals surface area (Å²) in [5.74, 6) is 1.54. The Morgan fingerprint density at radius 3 is 2.42 bits per heavy atom. The number of ether oxygens (including phenoxy) is 2. The van der Waals surface area contributed by atoms with Gasteiger partial charge in [-0.25, -0.2) is 0 Å². The van der Waals surface area contributed by atoms with Crippen molar-refractivity contribution in [2.75, 3.05) is 20.2 Å². The number of methoxy groups -OCH3 is 1. The second kappa shape index (κ2) is 9.62. The highest BCUT2D eigenvalue weighted by Crippen LogP contribution is 2.34. The van der Waals surface area contributed by atoms with Gasteiger partial charge in [0, 0.05) is 31.8 Å². The van der Waals surface area contributed by atoms with E-state index in [0.29, 0.717) is 6.61 Å². The molecule has 0 bridgehead atoms. The van der Waals surface area contributed by atoms with Crippen molar-refractivity contribution in [1.82, 2.24) is 4.90 Å². The van der Waals surface area contributed by atoms with Crippen molar-refractivity contribution in [2.24, 2.45) is 0 Å². The van der Waals surface area contributed by atoms with E-state index in [-0.39, 0.29) is 10.6 Å². The lowest BCUT2D eigenvalue weighted by Gasteiger charge is -2.29. The molecule has 160 valence electrons. The van der Waals surface area contributed by atoms with Gasteiger partial charge in [-0.1, -0.05) is 42.5 Å². The van der Waals surface area contributed by atoms with E-state index < -0.39 is 0 Å². The molecule has 1 heterocycles. The van der Waals surface area contributed by atoms with E-state index >= 15 is 0 Å². The molecule has 0 aliphatic carbocycles. The Morgan fingerprint density at radius 1 is 0.968 bits per heavy atom. The molecule has 31 heavy (non-hydrogen) atoms. The van der Waals surface area contributed by atoms with Gasteiger partial charge in [0.2, 0.25) is 0 Å². The zero-order valence-electron chi connectivity index (χ0n) is 17.6. The smallest absolute Gasteiger partial charge is 0.269 e. The van der Waals surface area contributed by atoms with Crippen molar-refractivity contribution in [3.63, 3.8) is 0 Å².